The van der Waals surface area contributed by atoms with E-state index in [1.165, 1.54) is 9.72 Å². The summed E-state index contributed by atoms with van der Waals surface area (Å²) in [7, 11) is 0. The first kappa shape index (κ1) is 11.0. The van der Waals surface area contributed by atoms with Gasteiger partial charge in [-0.05, 0) is 17.0 Å². The third kappa shape index (κ3) is 2.43. The highest BCUT2D eigenvalue weighted by molar-refractivity contribution is 7.13. The fraction of sp³-hybridized carbons (Fsp3) is 0.0714. The van der Waals surface area contributed by atoms with Crippen molar-refractivity contribution >= 4 is 11.3 Å². The molecular formula is C14H12N2OS. The largest absolute Gasteiger partial charge is 0.392 e. The van der Waals surface area contributed by atoms with Crippen molar-refractivity contribution in [2.75, 3.05) is 0 Å². The van der Waals surface area contributed by atoms with Gasteiger partial charge in [0.2, 0.25) is 0 Å². The van der Waals surface area contributed by atoms with Gasteiger partial charge >= 0.3 is 0 Å². The molecule has 0 aliphatic heterocycles. The summed E-state index contributed by atoms with van der Waals surface area (Å²) in [5, 5.41) is 6.24. The van der Waals surface area contributed by atoms with Crippen LogP contribution >= 0.6 is 11.3 Å². The van der Waals surface area contributed by atoms with Gasteiger partial charge in [-0.2, -0.15) is 0 Å². The second-order valence-electron chi connectivity index (χ2n) is 3.87. The Labute approximate surface area is 109 Å². The van der Waals surface area contributed by atoms with Gasteiger partial charge in [-0.3, -0.25) is 0 Å². The summed E-state index contributed by atoms with van der Waals surface area (Å²) in [6, 6.07) is 14.2. The number of benzene rings is 1. The summed E-state index contributed by atoms with van der Waals surface area (Å²) in [6.07, 6.45) is 3.71. The van der Waals surface area contributed by atoms with E-state index in [0.717, 1.165) is 11.1 Å². The first-order chi connectivity index (χ1) is 8.92. The first-order valence-corrected chi connectivity index (χ1v) is 6.55. The quantitative estimate of drug-likeness (QED) is 0.716. The second-order valence-corrected chi connectivity index (χ2v) is 4.82. The maximum absolute atomic E-state index is 5.58. The maximum Gasteiger partial charge on any atom is 0.142 e. The third-order valence-electron chi connectivity index (χ3n) is 2.57. The Hall–Kier alpha value is -2.07. The molecule has 3 rings (SSSR count). The molecule has 0 amide bonds. The summed E-state index contributed by atoms with van der Waals surface area (Å²) < 4.78 is 0. The van der Waals surface area contributed by atoms with Crippen LogP contribution in [-0.2, 0) is 6.61 Å². The molecule has 3 aromatic rings. The van der Waals surface area contributed by atoms with Crippen molar-refractivity contribution in [1.29, 1.82) is 0 Å². The highest BCUT2D eigenvalue weighted by atomic mass is 32.1. The summed E-state index contributed by atoms with van der Waals surface area (Å²) in [5.41, 5.74) is 2.21. The van der Waals surface area contributed by atoms with Crippen molar-refractivity contribution in [1.82, 2.24) is 9.94 Å². The van der Waals surface area contributed by atoms with Crippen LogP contribution in [0.1, 0.15) is 5.56 Å². The average Bonchev–Trinajstić information content (AvgIpc) is 3.08. The van der Waals surface area contributed by atoms with Crippen LogP contribution in [-0.4, -0.2) is 9.94 Å². The van der Waals surface area contributed by atoms with E-state index in [0.29, 0.717) is 6.61 Å². The number of hydrogen-bond donors (Lipinski definition) is 0. The van der Waals surface area contributed by atoms with E-state index in [4.69, 9.17) is 4.84 Å². The normalized spacial score (nSPS) is 10.4. The molecule has 0 saturated carbocycles. The minimum atomic E-state index is 0.520. The number of thiophene rings is 1. The van der Waals surface area contributed by atoms with E-state index in [1.807, 2.05) is 48.8 Å². The molecule has 3 nitrogen and oxygen atoms in total. The van der Waals surface area contributed by atoms with Crippen molar-refractivity contribution < 1.29 is 4.84 Å². The molecule has 0 radical (unpaired) electrons. The van der Waals surface area contributed by atoms with Crippen LogP contribution in [0.3, 0.4) is 0 Å². The molecule has 2 aromatic heterocycles. The van der Waals surface area contributed by atoms with E-state index in [1.54, 1.807) is 11.3 Å². The Bertz CT molecular complexity index is 602. The lowest BCUT2D eigenvalue weighted by molar-refractivity contribution is 0.0701. The monoisotopic (exact) mass is 256 g/mol. The number of hydrogen-bond acceptors (Lipinski definition) is 3. The van der Waals surface area contributed by atoms with Gasteiger partial charge < -0.3 is 4.84 Å². The first-order valence-electron chi connectivity index (χ1n) is 5.67. The third-order valence-corrected chi connectivity index (χ3v) is 3.49. The van der Waals surface area contributed by atoms with Crippen LogP contribution in [0.2, 0.25) is 0 Å². The van der Waals surface area contributed by atoms with E-state index in [-0.39, 0.29) is 0 Å². The maximum atomic E-state index is 5.58. The number of rotatable bonds is 4. The molecule has 0 spiro atoms. The highest BCUT2D eigenvalue weighted by Crippen LogP contribution is 2.23. The minimum Gasteiger partial charge on any atom is -0.392 e. The van der Waals surface area contributed by atoms with Crippen molar-refractivity contribution in [2.45, 2.75) is 6.61 Å². The molecule has 0 N–H and O–H groups in total. The lowest BCUT2D eigenvalue weighted by atomic mass is 10.2. The molecule has 0 bridgehead atoms. The van der Waals surface area contributed by atoms with Gasteiger partial charge in [0, 0.05) is 10.4 Å². The molecule has 0 aliphatic carbocycles. The number of aromatic nitrogens is 2. The Kier molecular flexibility index (Phi) is 3.10. The van der Waals surface area contributed by atoms with Crippen LogP contribution in [0.5, 0.6) is 0 Å². The molecule has 2 heterocycles. The molecule has 0 aliphatic rings. The molecule has 1 aromatic carbocycles. The minimum absolute atomic E-state index is 0.520. The smallest absolute Gasteiger partial charge is 0.142 e. The lowest BCUT2D eigenvalue weighted by Gasteiger charge is -2.04. The fourth-order valence-corrected chi connectivity index (χ4v) is 2.36. The Morgan fingerprint density at radius 3 is 2.78 bits per heavy atom. The second kappa shape index (κ2) is 5.06. The van der Waals surface area contributed by atoms with Gasteiger partial charge in [0.1, 0.15) is 6.61 Å². The molecular weight excluding hydrogens is 244 g/mol. The van der Waals surface area contributed by atoms with E-state index >= 15 is 0 Å². The standard InChI is InChI=1S/C14H12N2OS/c1-2-5-12(6-3-1)11-17-16-10-13(9-15-16)14-7-4-8-18-14/h1-10H,11H2. The fourth-order valence-electron chi connectivity index (χ4n) is 1.66. The Balaban J connectivity index is 1.68. The Morgan fingerprint density at radius 2 is 2.00 bits per heavy atom. The topological polar surface area (TPSA) is 27.1 Å². The van der Waals surface area contributed by atoms with Gasteiger partial charge in [0.25, 0.3) is 0 Å². The predicted molar refractivity (Wildman–Crippen MR) is 72.3 cm³/mol. The highest BCUT2D eigenvalue weighted by Gasteiger charge is 2.03. The summed E-state index contributed by atoms with van der Waals surface area (Å²) in [4.78, 5) is 8.30. The predicted octanol–water partition coefficient (Wildman–Crippen LogP) is 3.24. The van der Waals surface area contributed by atoms with Crippen LogP contribution in [0.25, 0.3) is 10.4 Å². The van der Waals surface area contributed by atoms with E-state index < -0.39 is 0 Å². The molecule has 4 heteroatoms. The average molecular weight is 256 g/mol. The molecule has 0 atom stereocenters. The molecule has 90 valence electrons. The van der Waals surface area contributed by atoms with Crippen LogP contribution in [0.15, 0.2) is 60.2 Å². The van der Waals surface area contributed by atoms with Crippen LogP contribution in [0, 0.1) is 0 Å². The summed E-state index contributed by atoms with van der Waals surface area (Å²) >= 11 is 1.69. The van der Waals surface area contributed by atoms with Crippen LogP contribution < -0.4 is 4.84 Å². The lowest BCUT2D eigenvalue weighted by Crippen LogP contribution is -2.11. The van der Waals surface area contributed by atoms with Gasteiger partial charge in [-0.15, -0.1) is 21.3 Å². The van der Waals surface area contributed by atoms with E-state index in [9.17, 15) is 0 Å². The SMILES string of the molecule is c1ccc(COn2cc(-c3cccs3)cn2)cc1. The zero-order valence-electron chi connectivity index (χ0n) is 9.69. The summed E-state index contributed by atoms with van der Waals surface area (Å²) in [5.74, 6) is 0. The van der Waals surface area contributed by atoms with Crippen molar-refractivity contribution in [2.24, 2.45) is 0 Å². The van der Waals surface area contributed by atoms with Crippen LogP contribution in [0.4, 0.5) is 0 Å². The molecule has 0 unspecified atom stereocenters. The summed E-state index contributed by atoms with van der Waals surface area (Å²) in [6.45, 7) is 0.520. The molecule has 0 fully saturated rings. The number of nitrogens with zero attached hydrogens (tertiary/aromatic N) is 2. The van der Waals surface area contributed by atoms with Gasteiger partial charge in [0.15, 0.2) is 0 Å². The van der Waals surface area contributed by atoms with Gasteiger partial charge in [-0.1, -0.05) is 36.4 Å². The zero-order chi connectivity index (χ0) is 12.2. The van der Waals surface area contributed by atoms with Crippen molar-refractivity contribution in [3.05, 3.63) is 65.8 Å². The van der Waals surface area contributed by atoms with E-state index in [2.05, 4.69) is 16.5 Å². The zero-order valence-corrected chi connectivity index (χ0v) is 10.5. The Morgan fingerprint density at radius 1 is 1.11 bits per heavy atom. The van der Waals surface area contributed by atoms with Gasteiger partial charge in [0.05, 0.1) is 12.4 Å². The molecule has 0 saturated heterocycles. The van der Waals surface area contributed by atoms with Crippen molar-refractivity contribution in [3.63, 3.8) is 0 Å². The van der Waals surface area contributed by atoms with Crippen molar-refractivity contribution in [3.8, 4) is 10.4 Å². The molecule has 18 heavy (non-hydrogen) atoms. The van der Waals surface area contributed by atoms with Gasteiger partial charge in [-0.25, -0.2) is 0 Å².